The number of H-pyrrole nitrogens is 1. The van der Waals surface area contributed by atoms with Crippen LogP contribution in [0.25, 0.3) is 21.9 Å². The van der Waals surface area contributed by atoms with E-state index in [1.165, 1.54) is 0 Å². The second kappa shape index (κ2) is 3.28. The third-order valence-corrected chi connectivity index (χ3v) is 3.19. The average molecular weight is 249 g/mol. The average Bonchev–Trinajstić information content (AvgIpc) is 2.75. The molecule has 0 atom stereocenters. The van der Waals surface area contributed by atoms with E-state index in [0.717, 1.165) is 21.9 Å². The van der Waals surface area contributed by atoms with Gasteiger partial charge in [-0.15, -0.1) is 0 Å². The molecule has 3 rings (SSSR count). The highest BCUT2D eigenvalue weighted by molar-refractivity contribution is 6.31. The molecule has 0 unspecified atom stereocenters. The molecule has 0 aliphatic heterocycles. The maximum Gasteiger partial charge on any atom is 0.352 e. The molecule has 0 fully saturated rings. The summed E-state index contributed by atoms with van der Waals surface area (Å²) in [4.78, 5) is 14.2. The second-order valence-corrected chi connectivity index (χ2v) is 4.41. The Morgan fingerprint density at radius 2 is 2.12 bits per heavy atom. The molecular formula is C12H9ClN2O2. The SMILES string of the molecule is Cn1c(C(=O)O)cc2[nH]c3cc(Cl)ccc3c21. The molecule has 0 radical (unpaired) electrons. The number of aromatic carboxylic acids is 1. The molecule has 0 saturated carbocycles. The molecule has 2 aromatic heterocycles. The zero-order valence-electron chi connectivity index (χ0n) is 8.99. The monoisotopic (exact) mass is 248 g/mol. The smallest absolute Gasteiger partial charge is 0.352 e. The number of aryl methyl sites for hydroxylation is 1. The Kier molecular flexibility index (Phi) is 1.97. The molecule has 0 aliphatic rings. The van der Waals surface area contributed by atoms with Crippen LogP contribution in [0.2, 0.25) is 5.02 Å². The van der Waals surface area contributed by atoms with Crippen molar-refractivity contribution in [1.82, 2.24) is 9.55 Å². The van der Waals surface area contributed by atoms with Crippen LogP contribution in [0, 0.1) is 0 Å². The van der Waals surface area contributed by atoms with Crippen molar-refractivity contribution in [2.75, 3.05) is 0 Å². The Morgan fingerprint density at radius 3 is 2.82 bits per heavy atom. The van der Waals surface area contributed by atoms with Crippen molar-refractivity contribution < 1.29 is 9.90 Å². The molecule has 1 aromatic carbocycles. The highest BCUT2D eigenvalue weighted by Gasteiger charge is 2.15. The normalized spacial score (nSPS) is 11.4. The van der Waals surface area contributed by atoms with E-state index in [1.807, 2.05) is 12.1 Å². The first-order chi connectivity index (χ1) is 8.08. The Balaban J connectivity index is 2.46. The van der Waals surface area contributed by atoms with E-state index in [-0.39, 0.29) is 5.69 Å². The molecule has 0 spiro atoms. The third kappa shape index (κ3) is 1.34. The number of rotatable bonds is 1. The van der Waals surface area contributed by atoms with E-state index in [0.29, 0.717) is 5.02 Å². The molecule has 2 heterocycles. The lowest BCUT2D eigenvalue weighted by Crippen LogP contribution is -2.03. The molecule has 0 bridgehead atoms. The van der Waals surface area contributed by atoms with Gasteiger partial charge in [-0.3, -0.25) is 0 Å². The summed E-state index contributed by atoms with van der Waals surface area (Å²) in [5, 5.41) is 10.7. The number of hydrogen-bond acceptors (Lipinski definition) is 1. The predicted octanol–water partition coefficient (Wildman–Crippen LogP) is 3.01. The van der Waals surface area contributed by atoms with Gasteiger partial charge >= 0.3 is 5.97 Å². The molecule has 4 nitrogen and oxygen atoms in total. The zero-order valence-corrected chi connectivity index (χ0v) is 9.75. The van der Waals surface area contributed by atoms with Crippen LogP contribution in [0.3, 0.4) is 0 Å². The van der Waals surface area contributed by atoms with Crippen molar-refractivity contribution in [1.29, 1.82) is 0 Å². The van der Waals surface area contributed by atoms with E-state index in [4.69, 9.17) is 16.7 Å². The topological polar surface area (TPSA) is 58.0 Å². The number of fused-ring (bicyclic) bond motifs is 3. The van der Waals surface area contributed by atoms with Gasteiger partial charge in [-0.05, 0) is 24.3 Å². The molecule has 5 heteroatoms. The van der Waals surface area contributed by atoms with E-state index in [2.05, 4.69) is 4.98 Å². The summed E-state index contributed by atoms with van der Waals surface area (Å²) in [6.45, 7) is 0. The van der Waals surface area contributed by atoms with Crippen LogP contribution in [0.15, 0.2) is 24.3 Å². The van der Waals surface area contributed by atoms with E-state index >= 15 is 0 Å². The second-order valence-electron chi connectivity index (χ2n) is 3.97. The lowest BCUT2D eigenvalue weighted by atomic mass is 10.2. The number of carbonyl (C=O) groups is 1. The van der Waals surface area contributed by atoms with Gasteiger partial charge in [0, 0.05) is 23.0 Å². The summed E-state index contributed by atoms with van der Waals surface area (Å²) in [6.07, 6.45) is 0. The van der Waals surface area contributed by atoms with Crippen molar-refractivity contribution >= 4 is 39.5 Å². The minimum absolute atomic E-state index is 0.267. The molecule has 86 valence electrons. The van der Waals surface area contributed by atoms with Crippen LogP contribution in [0.5, 0.6) is 0 Å². The van der Waals surface area contributed by atoms with Crippen LogP contribution < -0.4 is 0 Å². The van der Waals surface area contributed by atoms with Crippen LogP contribution in [0.4, 0.5) is 0 Å². The van der Waals surface area contributed by atoms with Gasteiger partial charge in [0.2, 0.25) is 0 Å². The number of carboxylic acid groups (broad SMARTS) is 1. The van der Waals surface area contributed by atoms with Crippen molar-refractivity contribution in [3.8, 4) is 0 Å². The Morgan fingerprint density at radius 1 is 1.35 bits per heavy atom. The standard InChI is InChI=1S/C12H9ClN2O2/c1-15-10(12(16)17)5-9-11(15)7-3-2-6(13)4-8(7)14-9/h2-5,14H,1H3,(H,16,17). The van der Waals surface area contributed by atoms with Crippen molar-refractivity contribution in [3.63, 3.8) is 0 Å². The molecular weight excluding hydrogens is 240 g/mol. The summed E-state index contributed by atoms with van der Waals surface area (Å²) in [5.74, 6) is -0.931. The first-order valence-corrected chi connectivity index (χ1v) is 5.45. The molecule has 0 saturated heterocycles. The predicted molar refractivity (Wildman–Crippen MR) is 66.7 cm³/mol. The molecule has 0 aliphatic carbocycles. The highest BCUT2D eigenvalue weighted by atomic mass is 35.5. The lowest BCUT2D eigenvalue weighted by molar-refractivity contribution is 0.0687. The fraction of sp³-hybridized carbons (Fsp3) is 0.0833. The zero-order chi connectivity index (χ0) is 12.2. The lowest BCUT2D eigenvalue weighted by Gasteiger charge is -1.99. The summed E-state index contributed by atoms with van der Waals surface area (Å²) in [7, 11) is 1.74. The van der Waals surface area contributed by atoms with Gasteiger partial charge in [0.25, 0.3) is 0 Å². The van der Waals surface area contributed by atoms with Gasteiger partial charge < -0.3 is 14.7 Å². The maximum absolute atomic E-state index is 11.0. The number of aromatic nitrogens is 2. The van der Waals surface area contributed by atoms with Crippen LogP contribution in [0.1, 0.15) is 10.5 Å². The summed E-state index contributed by atoms with van der Waals surface area (Å²) < 4.78 is 1.67. The Hall–Kier alpha value is -1.94. The van der Waals surface area contributed by atoms with E-state index in [9.17, 15) is 4.79 Å². The highest BCUT2D eigenvalue weighted by Crippen LogP contribution is 2.29. The van der Waals surface area contributed by atoms with Crippen LogP contribution >= 0.6 is 11.6 Å². The Bertz CT molecular complexity index is 755. The molecule has 0 amide bonds. The quantitative estimate of drug-likeness (QED) is 0.695. The van der Waals surface area contributed by atoms with Gasteiger partial charge in [-0.25, -0.2) is 4.79 Å². The number of halogens is 1. The first kappa shape index (κ1) is 10.2. The third-order valence-electron chi connectivity index (χ3n) is 2.96. The van der Waals surface area contributed by atoms with Crippen molar-refractivity contribution in [2.24, 2.45) is 7.05 Å². The van der Waals surface area contributed by atoms with Gasteiger partial charge in [-0.2, -0.15) is 0 Å². The fourth-order valence-corrected chi connectivity index (χ4v) is 2.37. The van der Waals surface area contributed by atoms with Gasteiger partial charge in [0.15, 0.2) is 0 Å². The summed E-state index contributed by atoms with van der Waals surface area (Å²) in [6, 6.07) is 7.15. The molecule has 2 N–H and O–H groups in total. The van der Waals surface area contributed by atoms with Crippen molar-refractivity contribution in [3.05, 3.63) is 35.0 Å². The number of nitrogens with one attached hydrogen (secondary N) is 1. The number of benzene rings is 1. The number of aromatic amines is 1. The van der Waals surface area contributed by atoms with Crippen molar-refractivity contribution in [2.45, 2.75) is 0 Å². The fourth-order valence-electron chi connectivity index (χ4n) is 2.20. The molecule has 17 heavy (non-hydrogen) atoms. The summed E-state index contributed by atoms with van der Waals surface area (Å²) >= 11 is 5.91. The largest absolute Gasteiger partial charge is 0.477 e. The van der Waals surface area contributed by atoms with Gasteiger partial charge in [0.05, 0.1) is 11.0 Å². The Labute approximate surface area is 101 Å². The van der Waals surface area contributed by atoms with Gasteiger partial charge in [-0.1, -0.05) is 11.6 Å². The minimum atomic E-state index is -0.931. The number of carboxylic acids is 1. The van der Waals surface area contributed by atoms with Crippen LogP contribution in [-0.2, 0) is 7.05 Å². The number of hydrogen-bond donors (Lipinski definition) is 2. The summed E-state index contributed by atoms with van der Waals surface area (Å²) in [5.41, 5.74) is 2.87. The van der Waals surface area contributed by atoms with Crippen LogP contribution in [-0.4, -0.2) is 20.6 Å². The van der Waals surface area contributed by atoms with E-state index in [1.54, 1.807) is 23.7 Å². The minimum Gasteiger partial charge on any atom is -0.477 e. The van der Waals surface area contributed by atoms with E-state index < -0.39 is 5.97 Å². The maximum atomic E-state index is 11.0. The first-order valence-electron chi connectivity index (χ1n) is 5.08. The molecule has 3 aromatic rings. The number of nitrogens with zero attached hydrogens (tertiary/aromatic N) is 1. The van der Waals surface area contributed by atoms with Gasteiger partial charge in [0.1, 0.15) is 5.69 Å².